The normalized spacial score (nSPS) is 20.9. The van der Waals surface area contributed by atoms with Gasteiger partial charge in [0.05, 0.1) is 12.3 Å². The number of amides is 1. The molecule has 1 atom stereocenters. The zero-order valence-electron chi connectivity index (χ0n) is 12.0. The molecule has 0 aromatic heterocycles. The van der Waals surface area contributed by atoms with E-state index in [0.717, 1.165) is 50.3 Å². The van der Waals surface area contributed by atoms with Crippen molar-refractivity contribution >= 4 is 11.6 Å². The van der Waals surface area contributed by atoms with Crippen LogP contribution in [0.4, 0.5) is 5.69 Å². The molecule has 1 aromatic carbocycles. The van der Waals surface area contributed by atoms with Gasteiger partial charge in [0.25, 0.3) is 0 Å². The number of nitrogens with zero attached hydrogens (tertiary/aromatic N) is 1. The van der Waals surface area contributed by atoms with Gasteiger partial charge >= 0.3 is 0 Å². The molecule has 0 bridgehead atoms. The van der Waals surface area contributed by atoms with Crippen LogP contribution in [0.3, 0.4) is 0 Å². The van der Waals surface area contributed by atoms with Crippen molar-refractivity contribution in [1.82, 2.24) is 0 Å². The maximum atomic E-state index is 12.0. The summed E-state index contributed by atoms with van der Waals surface area (Å²) < 4.78 is 5.67. The van der Waals surface area contributed by atoms with E-state index in [4.69, 9.17) is 10.5 Å². The highest BCUT2D eigenvalue weighted by Crippen LogP contribution is 2.43. The third-order valence-corrected chi connectivity index (χ3v) is 4.42. The topological polar surface area (TPSA) is 55.6 Å². The summed E-state index contributed by atoms with van der Waals surface area (Å²) in [5.41, 5.74) is 9.38. The van der Waals surface area contributed by atoms with Crippen molar-refractivity contribution in [1.29, 1.82) is 0 Å². The van der Waals surface area contributed by atoms with Crippen molar-refractivity contribution in [3.8, 4) is 5.75 Å². The second-order valence-corrected chi connectivity index (χ2v) is 5.67. The molecule has 108 valence electrons. The fourth-order valence-corrected chi connectivity index (χ4v) is 3.50. The molecule has 4 nitrogen and oxygen atoms in total. The molecular formula is C16H22N2O2. The highest BCUT2D eigenvalue weighted by molar-refractivity contribution is 5.94. The fourth-order valence-electron chi connectivity index (χ4n) is 3.50. The summed E-state index contributed by atoms with van der Waals surface area (Å²) in [5, 5.41) is 0. The Balaban J connectivity index is 2.13. The van der Waals surface area contributed by atoms with Gasteiger partial charge in [-0.25, -0.2) is 0 Å². The average molecular weight is 274 g/mol. The van der Waals surface area contributed by atoms with Crippen LogP contribution in [0.5, 0.6) is 5.75 Å². The molecule has 2 aliphatic rings. The first kappa shape index (κ1) is 13.4. The van der Waals surface area contributed by atoms with Gasteiger partial charge in [-0.2, -0.15) is 0 Å². The number of rotatable bonds is 2. The standard InChI is InChI=1S/C16H22N2O2/c1-11(19)18-9-2-3-12(6-8-17)13-4-5-15-14(16(13)18)7-10-20-15/h4-5,12H,2-3,6-10,17H2,1H3. The molecule has 2 N–H and O–H groups in total. The van der Waals surface area contributed by atoms with Gasteiger partial charge in [-0.05, 0) is 43.4 Å². The van der Waals surface area contributed by atoms with Gasteiger partial charge in [-0.15, -0.1) is 0 Å². The molecule has 0 spiro atoms. The van der Waals surface area contributed by atoms with Crippen LogP contribution in [0, 0.1) is 0 Å². The Kier molecular flexibility index (Phi) is 3.66. The molecule has 1 amide bonds. The lowest BCUT2D eigenvalue weighted by Crippen LogP contribution is -2.30. The van der Waals surface area contributed by atoms with Crippen LogP contribution < -0.4 is 15.4 Å². The first-order valence-corrected chi connectivity index (χ1v) is 7.49. The molecule has 0 saturated heterocycles. The lowest BCUT2D eigenvalue weighted by atomic mass is 9.89. The first-order valence-electron chi connectivity index (χ1n) is 7.49. The summed E-state index contributed by atoms with van der Waals surface area (Å²) in [5.74, 6) is 1.54. The summed E-state index contributed by atoms with van der Waals surface area (Å²) in [6.07, 6.45) is 4.03. The third-order valence-electron chi connectivity index (χ3n) is 4.42. The molecule has 3 rings (SSSR count). The van der Waals surface area contributed by atoms with Gasteiger partial charge in [0, 0.05) is 25.5 Å². The van der Waals surface area contributed by atoms with Crippen LogP contribution in [-0.4, -0.2) is 25.6 Å². The summed E-state index contributed by atoms with van der Waals surface area (Å²) in [7, 11) is 0. The quantitative estimate of drug-likeness (QED) is 0.899. The van der Waals surface area contributed by atoms with E-state index >= 15 is 0 Å². The molecule has 0 aliphatic carbocycles. The second-order valence-electron chi connectivity index (χ2n) is 5.67. The van der Waals surface area contributed by atoms with Gasteiger partial charge < -0.3 is 15.4 Å². The second kappa shape index (κ2) is 5.44. The highest BCUT2D eigenvalue weighted by Gasteiger charge is 2.30. The monoisotopic (exact) mass is 274 g/mol. The number of carbonyl (C=O) groups is 1. The minimum absolute atomic E-state index is 0.125. The van der Waals surface area contributed by atoms with Crippen molar-refractivity contribution in [2.24, 2.45) is 5.73 Å². The predicted octanol–water partition coefficient (Wildman–Crippen LogP) is 2.20. The lowest BCUT2D eigenvalue weighted by molar-refractivity contribution is -0.116. The lowest BCUT2D eigenvalue weighted by Gasteiger charge is -2.25. The zero-order chi connectivity index (χ0) is 14.1. The Morgan fingerprint density at radius 3 is 3.10 bits per heavy atom. The Hall–Kier alpha value is -1.55. The van der Waals surface area contributed by atoms with Crippen molar-refractivity contribution in [2.45, 2.75) is 38.5 Å². The van der Waals surface area contributed by atoms with Crippen LogP contribution in [0.25, 0.3) is 0 Å². The molecule has 2 aliphatic heterocycles. The van der Waals surface area contributed by atoms with E-state index in [1.165, 1.54) is 11.1 Å². The molecule has 2 heterocycles. The van der Waals surface area contributed by atoms with Gasteiger partial charge in [0.2, 0.25) is 5.91 Å². The Morgan fingerprint density at radius 2 is 2.35 bits per heavy atom. The van der Waals surface area contributed by atoms with Crippen molar-refractivity contribution < 1.29 is 9.53 Å². The van der Waals surface area contributed by atoms with E-state index < -0.39 is 0 Å². The number of benzene rings is 1. The Morgan fingerprint density at radius 1 is 1.50 bits per heavy atom. The number of carbonyl (C=O) groups excluding carboxylic acids is 1. The molecule has 20 heavy (non-hydrogen) atoms. The number of hydrogen-bond acceptors (Lipinski definition) is 3. The SMILES string of the molecule is CC(=O)N1CCCC(CCN)c2ccc3c(c21)CCO3. The first-order chi connectivity index (χ1) is 9.72. The van der Waals surface area contributed by atoms with Crippen LogP contribution in [-0.2, 0) is 11.2 Å². The zero-order valence-corrected chi connectivity index (χ0v) is 12.0. The van der Waals surface area contributed by atoms with Gasteiger partial charge in [-0.1, -0.05) is 6.07 Å². The maximum Gasteiger partial charge on any atom is 0.223 e. The smallest absolute Gasteiger partial charge is 0.223 e. The molecule has 1 unspecified atom stereocenters. The molecule has 0 fully saturated rings. The van der Waals surface area contributed by atoms with E-state index in [1.54, 1.807) is 6.92 Å². The molecule has 4 heteroatoms. The Labute approximate surface area is 119 Å². The number of hydrogen-bond donors (Lipinski definition) is 1. The number of ether oxygens (including phenoxy) is 1. The van der Waals surface area contributed by atoms with Crippen molar-refractivity contribution in [2.75, 3.05) is 24.6 Å². The minimum atomic E-state index is 0.125. The highest BCUT2D eigenvalue weighted by atomic mass is 16.5. The van der Waals surface area contributed by atoms with E-state index in [9.17, 15) is 4.79 Å². The average Bonchev–Trinajstić information content (AvgIpc) is 2.82. The van der Waals surface area contributed by atoms with E-state index in [0.29, 0.717) is 12.5 Å². The summed E-state index contributed by atoms with van der Waals surface area (Å²) in [6, 6.07) is 4.20. The third kappa shape index (κ3) is 2.18. The molecule has 1 aromatic rings. The van der Waals surface area contributed by atoms with Gasteiger partial charge in [-0.3, -0.25) is 4.79 Å². The predicted molar refractivity (Wildman–Crippen MR) is 79.3 cm³/mol. The minimum Gasteiger partial charge on any atom is -0.493 e. The van der Waals surface area contributed by atoms with Crippen LogP contribution in [0.15, 0.2) is 12.1 Å². The van der Waals surface area contributed by atoms with E-state index in [-0.39, 0.29) is 5.91 Å². The number of fused-ring (bicyclic) bond motifs is 3. The Bertz CT molecular complexity index is 527. The molecular weight excluding hydrogens is 252 g/mol. The largest absolute Gasteiger partial charge is 0.493 e. The van der Waals surface area contributed by atoms with Crippen LogP contribution in [0.2, 0.25) is 0 Å². The van der Waals surface area contributed by atoms with Gasteiger partial charge in [0.15, 0.2) is 0 Å². The van der Waals surface area contributed by atoms with E-state index in [1.807, 2.05) is 4.90 Å². The van der Waals surface area contributed by atoms with E-state index in [2.05, 4.69) is 12.1 Å². The molecule has 0 radical (unpaired) electrons. The summed E-state index contributed by atoms with van der Waals surface area (Å²) in [6.45, 7) is 3.87. The summed E-state index contributed by atoms with van der Waals surface area (Å²) in [4.78, 5) is 14.0. The maximum absolute atomic E-state index is 12.0. The van der Waals surface area contributed by atoms with Gasteiger partial charge in [0.1, 0.15) is 5.75 Å². The van der Waals surface area contributed by atoms with Crippen LogP contribution >= 0.6 is 0 Å². The number of nitrogens with two attached hydrogens (primary N) is 1. The number of anilines is 1. The van der Waals surface area contributed by atoms with Crippen molar-refractivity contribution in [3.63, 3.8) is 0 Å². The summed E-state index contributed by atoms with van der Waals surface area (Å²) >= 11 is 0. The fraction of sp³-hybridized carbons (Fsp3) is 0.562. The van der Waals surface area contributed by atoms with Crippen LogP contribution in [0.1, 0.15) is 43.2 Å². The molecule has 0 saturated carbocycles. The van der Waals surface area contributed by atoms with Crippen molar-refractivity contribution in [3.05, 3.63) is 23.3 Å².